The van der Waals surface area contributed by atoms with E-state index in [4.69, 9.17) is 9.47 Å². The largest absolute Gasteiger partial charge is 0.466 e. The number of hydrogen-bond donors (Lipinski definition) is 1. The van der Waals surface area contributed by atoms with Crippen molar-refractivity contribution in [3.63, 3.8) is 0 Å². The Morgan fingerprint density at radius 1 is 1.20 bits per heavy atom. The third-order valence-electron chi connectivity index (χ3n) is 4.41. The molecule has 0 aromatic carbocycles. The quantitative estimate of drug-likeness (QED) is 0.412. The number of hydrogen-bond acceptors (Lipinski definition) is 7. The van der Waals surface area contributed by atoms with Crippen LogP contribution in [0.15, 0.2) is 10.8 Å². The maximum atomic E-state index is 13.0. The van der Waals surface area contributed by atoms with E-state index >= 15 is 0 Å². The number of Topliss-reactive ketones (excluding diaryl/α,β-unsaturated/α-hetero) is 1. The first-order chi connectivity index (χ1) is 13.7. The Labute approximate surface area is 180 Å². The lowest BCUT2D eigenvalue weighted by molar-refractivity contribution is -0.148. The third kappa shape index (κ3) is 6.38. The Kier molecular flexibility index (Phi) is 8.76. The topological polar surface area (TPSA) is 107 Å². The summed E-state index contributed by atoms with van der Waals surface area (Å²) < 4.78 is 48.3. The molecule has 0 fully saturated rings. The van der Waals surface area contributed by atoms with Gasteiger partial charge in [0.25, 0.3) is 5.91 Å². The highest BCUT2D eigenvalue weighted by Crippen LogP contribution is 2.37. The van der Waals surface area contributed by atoms with Crippen molar-refractivity contribution < 1.29 is 37.0 Å². The number of amides is 1. The summed E-state index contributed by atoms with van der Waals surface area (Å²) in [5.41, 5.74) is -2.68. The van der Waals surface area contributed by atoms with E-state index in [2.05, 4.69) is 31.2 Å². The van der Waals surface area contributed by atoms with Crippen LogP contribution in [0.3, 0.4) is 0 Å². The predicted octanol–water partition coefficient (Wildman–Crippen LogP) is 3.08. The Bertz CT molecular complexity index is 804. The van der Waals surface area contributed by atoms with Gasteiger partial charge < -0.3 is 14.8 Å². The molecule has 8 nitrogen and oxygen atoms in total. The molecule has 0 saturated carbocycles. The molecule has 168 valence electrons. The monoisotopic (exact) mass is 497 g/mol. The first-order valence-corrected chi connectivity index (χ1v) is 9.78. The summed E-state index contributed by atoms with van der Waals surface area (Å²) >= 11 is 2.74. The van der Waals surface area contributed by atoms with E-state index in [1.165, 1.54) is 13.8 Å². The fourth-order valence-corrected chi connectivity index (χ4v) is 2.80. The van der Waals surface area contributed by atoms with Gasteiger partial charge in [-0.2, -0.15) is 13.2 Å². The van der Waals surface area contributed by atoms with E-state index in [1.807, 2.05) is 0 Å². The lowest BCUT2D eigenvalue weighted by Crippen LogP contribution is -2.58. The molecule has 0 aliphatic rings. The first kappa shape index (κ1) is 25.8. The highest BCUT2D eigenvalue weighted by molar-refractivity contribution is 9.10. The van der Waals surface area contributed by atoms with E-state index in [0.717, 1.165) is 0 Å². The summed E-state index contributed by atoms with van der Waals surface area (Å²) in [7, 11) is 0. The molecule has 2 atom stereocenters. The number of halogens is 4. The average Bonchev–Trinajstić information content (AvgIpc) is 2.62. The minimum absolute atomic E-state index is 0.107. The molecule has 0 bridgehead atoms. The molecule has 1 aromatic rings. The van der Waals surface area contributed by atoms with Crippen LogP contribution in [0.1, 0.15) is 46.7 Å². The van der Waals surface area contributed by atoms with Crippen molar-refractivity contribution in [1.29, 1.82) is 0 Å². The number of aromatic nitrogens is 2. The first-order valence-electron chi connectivity index (χ1n) is 8.99. The third-order valence-corrected chi connectivity index (χ3v) is 5.13. The van der Waals surface area contributed by atoms with Gasteiger partial charge in [0.2, 0.25) is 5.88 Å². The molecule has 2 unspecified atom stereocenters. The number of nitrogens with one attached hydrogen (secondary N) is 1. The fraction of sp³-hybridized carbons (Fsp3) is 0.611. The number of esters is 1. The smallest absolute Gasteiger partial charge is 0.434 e. The Morgan fingerprint density at radius 2 is 1.80 bits per heavy atom. The number of nitrogens with zero attached hydrogens (tertiary/aromatic N) is 2. The maximum absolute atomic E-state index is 13.0. The number of ether oxygens (including phenoxy) is 2. The van der Waals surface area contributed by atoms with Crippen LogP contribution in [0.5, 0.6) is 5.88 Å². The van der Waals surface area contributed by atoms with Crippen molar-refractivity contribution in [2.75, 3.05) is 6.61 Å². The minimum Gasteiger partial charge on any atom is -0.466 e. The molecule has 1 heterocycles. The molecule has 0 aliphatic heterocycles. The van der Waals surface area contributed by atoms with E-state index < -0.39 is 63.9 Å². The van der Waals surface area contributed by atoms with Gasteiger partial charge in [-0.05, 0) is 42.6 Å². The summed E-state index contributed by atoms with van der Waals surface area (Å²) in [6, 6.07) is 0. The molecule has 1 rings (SSSR count). The van der Waals surface area contributed by atoms with Gasteiger partial charge in [-0.1, -0.05) is 13.8 Å². The molecule has 1 amide bonds. The Morgan fingerprint density at radius 3 is 2.30 bits per heavy atom. The lowest BCUT2D eigenvalue weighted by atomic mass is 9.82. The van der Waals surface area contributed by atoms with Crippen LogP contribution in [0.25, 0.3) is 0 Å². The second-order valence-corrected chi connectivity index (χ2v) is 7.64. The molecule has 1 aromatic heterocycles. The highest BCUT2D eigenvalue weighted by Gasteiger charge is 2.41. The zero-order valence-corrected chi connectivity index (χ0v) is 18.7. The van der Waals surface area contributed by atoms with Gasteiger partial charge in [-0.3, -0.25) is 14.4 Å². The van der Waals surface area contributed by atoms with Crippen LogP contribution in [-0.2, 0) is 25.3 Å². The standard InChI is InChI=1S/C18H23BrF3N3O5/c1-6-29-12(27)7-11(26)17(5,9(2)3)25-15(28)10(4)30-16-13(19)14(18(20,21)22)23-8-24-16/h8-10H,6-7H2,1-5H3,(H,25,28). The van der Waals surface area contributed by atoms with E-state index in [0.29, 0.717) is 6.33 Å². The second kappa shape index (κ2) is 10.2. The molecule has 0 aliphatic carbocycles. The molecule has 0 radical (unpaired) electrons. The normalized spacial score (nSPS) is 14.6. The number of carbonyl (C=O) groups is 3. The van der Waals surface area contributed by atoms with Crippen molar-refractivity contribution in [2.45, 2.75) is 58.9 Å². The summed E-state index contributed by atoms with van der Waals surface area (Å²) in [6.45, 7) is 7.78. The van der Waals surface area contributed by atoms with Gasteiger partial charge in [0, 0.05) is 0 Å². The lowest BCUT2D eigenvalue weighted by Gasteiger charge is -2.34. The van der Waals surface area contributed by atoms with E-state index in [1.54, 1.807) is 20.8 Å². The van der Waals surface area contributed by atoms with Crippen LogP contribution in [0.4, 0.5) is 13.2 Å². The number of carbonyl (C=O) groups excluding carboxylic acids is 3. The van der Waals surface area contributed by atoms with Crippen molar-refractivity contribution in [3.05, 3.63) is 16.5 Å². The van der Waals surface area contributed by atoms with Gasteiger partial charge in [0.15, 0.2) is 17.6 Å². The molecule has 30 heavy (non-hydrogen) atoms. The molecular weight excluding hydrogens is 475 g/mol. The zero-order chi connectivity index (χ0) is 23.3. The van der Waals surface area contributed by atoms with Crippen LogP contribution in [-0.4, -0.2) is 45.9 Å². The van der Waals surface area contributed by atoms with Crippen molar-refractivity contribution in [2.24, 2.45) is 5.92 Å². The number of alkyl halides is 3. The van der Waals surface area contributed by atoms with E-state index in [-0.39, 0.29) is 6.61 Å². The fourth-order valence-electron chi connectivity index (χ4n) is 2.27. The summed E-state index contributed by atoms with van der Waals surface area (Å²) in [5.74, 6) is -2.96. The molecular formula is C18H23BrF3N3O5. The van der Waals surface area contributed by atoms with Gasteiger partial charge in [-0.15, -0.1) is 0 Å². The van der Waals surface area contributed by atoms with Gasteiger partial charge in [0.05, 0.1) is 12.1 Å². The molecule has 12 heteroatoms. The minimum atomic E-state index is -4.75. The van der Waals surface area contributed by atoms with Crippen LogP contribution in [0.2, 0.25) is 0 Å². The maximum Gasteiger partial charge on any atom is 0.434 e. The summed E-state index contributed by atoms with van der Waals surface area (Å²) in [6.07, 6.45) is -5.93. The number of rotatable bonds is 9. The summed E-state index contributed by atoms with van der Waals surface area (Å²) in [5, 5.41) is 2.52. The Hall–Kier alpha value is -2.24. The zero-order valence-electron chi connectivity index (χ0n) is 17.1. The van der Waals surface area contributed by atoms with E-state index in [9.17, 15) is 27.6 Å². The van der Waals surface area contributed by atoms with Crippen molar-refractivity contribution >= 4 is 33.6 Å². The van der Waals surface area contributed by atoms with Crippen molar-refractivity contribution in [1.82, 2.24) is 15.3 Å². The highest BCUT2D eigenvalue weighted by atomic mass is 79.9. The predicted molar refractivity (Wildman–Crippen MR) is 102 cm³/mol. The molecule has 0 saturated heterocycles. The Balaban J connectivity index is 2.99. The van der Waals surface area contributed by atoms with Gasteiger partial charge in [0.1, 0.15) is 17.2 Å². The second-order valence-electron chi connectivity index (χ2n) is 6.85. The molecule has 0 spiro atoms. The van der Waals surface area contributed by atoms with Gasteiger partial charge >= 0.3 is 12.1 Å². The van der Waals surface area contributed by atoms with Gasteiger partial charge in [-0.25, -0.2) is 9.97 Å². The van der Waals surface area contributed by atoms with Crippen LogP contribution in [0, 0.1) is 5.92 Å². The van der Waals surface area contributed by atoms with Crippen LogP contribution < -0.4 is 10.1 Å². The molecule has 1 N–H and O–H groups in total. The average molecular weight is 498 g/mol. The van der Waals surface area contributed by atoms with Crippen molar-refractivity contribution in [3.8, 4) is 5.88 Å². The number of ketones is 1. The van der Waals surface area contributed by atoms with Crippen LogP contribution >= 0.6 is 15.9 Å². The summed E-state index contributed by atoms with van der Waals surface area (Å²) in [4.78, 5) is 43.6. The SMILES string of the molecule is CCOC(=O)CC(=O)C(C)(NC(=O)C(C)Oc1ncnc(C(F)(F)F)c1Br)C(C)C.